The van der Waals surface area contributed by atoms with E-state index in [-0.39, 0.29) is 0 Å². The van der Waals surface area contributed by atoms with Gasteiger partial charge < -0.3 is 5.32 Å². The van der Waals surface area contributed by atoms with E-state index in [0.29, 0.717) is 18.0 Å². The van der Waals surface area contributed by atoms with Crippen molar-refractivity contribution in [3.63, 3.8) is 0 Å². The van der Waals surface area contributed by atoms with E-state index in [1.54, 1.807) is 0 Å². The predicted molar refractivity (Wildman–Crippen MR) is 87.3 cm³/mol. The maximum atomic E-state index is 4.73. The van der Waals surface area contributed by atoms with Crippen LogP contribution in [0.3, 0.4) is 0 Å². The normalized spacial score (nSPS) is 24.5. The van der Waals surface area contributed by atoms with Gasteiger partial charge in [-0.1, -0.05) is 27.2 Å². The van der Waals surface area contributed by atoms with Gasteiger partial charge in [-0.15, -0.1) is 11.3 Å². The second kappa shape index (κ2) is 7.01. The lowest BCUT2D eigenvalue weighted by atomic mass is 9.97. The number of hydrogen-bond donors (Lipinski definition) is 1. The minimum Gasteiger partial charge on any atom is -0.311 e. The third-order valence-electron chi connectivity index (χ3n) is 4.36. The lowest BCUT2D eigenvalue weighted by molar-refractivity contribution is 0.0884. The van der Waals surface area contributed by atoms with Crippen LogP contribution in [0.15, 0.2) is 0 Å². The van der Waals surface area contributed by atoms with Crippen molar-refractivity contribution in [3.8, 4) is 0 Å². The summed E-state index contributed by atoms with van der Waals surface area (Å²) in [5, 5.41) is 5.01. The Bertz CT molecular complexity index is 408. The molecule has 0 amide bonds. The second-order valence-corrected chi connectivity index (χ2v) is 7.67. The van der Waals surface area contributed by atoms with E-state index in [4.69, 9.17) is 4.98 Å². The Labute approximate surface area is 127 Å². The molecule has 0 bridgehead atoms. The molecule has 4 heteroatoms. The van der Waals surface area contributed by atoms with Crippen molar-refractivity contribution in [3.05, 3.63) is 15.6 Å². The van der Waals surface area contributed by atoms with Gasteiger partial charge in [-0.2, -0.15) is 0 Å². The fourth-order valence-corrected chi connectivity index (χ4v) is 4.02. The summed E-state index contributed by atoms with van der Waals surface area (Å²) < 4.78 is 0. The molecule has 2 heterocycles. The molecular formula is C16H29N3S. The molecule has 0 radical (unpaired) electrons. The number of hydrogen-bond acceptors (Lipinski definition) is 4. The lowest BCUT2D eigenvalue weighted by Gasteiger charge is -2.42. The molecule has 1 aromatic rings. The molecule has 2 rings (SSSR count). The first-order chi connectivity index (χ1) is 9.51. The van der Waals surface area contributed by atoms with Crippen LogP contribution in [0.25, 0.3) is 0 Å². The number of aromatic nitrogens is 1. The summed E-state index contributed by atoms with van der Waals surface area (Å²) in [6, 6.07) is 1.28. The zero-order valence-corrected chi connectivity index (χ0v) is 14.4. The first-order valence-corrected chi connectivity index (χ1v) is 8.73. The minimum absolute atomic E-state index is 0.632. The summed E-state index contributed by atoms with van der Waals surface area (Å²) in [6.07, 6.45) is 2.53. The van der Waals surface area contributed by atoms with E-state index in [9.17, 15) is 0 Å². The quantitative estimate of drug-likeness (QED) is 0.903. The van der Waals surface area contributed by atoms with Gasteiger partial charge in [0.25, 0.3) is 0 Å². The highest BCUT2D eigenvalue weighted by atomic mass is 32.1. The van der Waals surface area contributed by atoms with E-state index in [1.807, 2.05) is 11.3 Å². The summed E-state index contributed by atoms with van der Waals surface area (Å²) in [6.45, 7) is 14.5. The third kappa shape index (κ3) is 3.80. The molecule has 0 spiro atoms. The second-order valence-electron chi connectivity index (χ2n) is 6.38. The molecule has 3 nitrogen and oxygen atoms in total. The first kappa shape index (κ1) is 15.9. The van der Waals surface area contributed by atoms with Gasteiger partial charge in [0, 0.05) is 30.1 Å². The van der Waals surface area contributed by atoms with E-state index >= 15 is 0 Å². The maximum Gasteiger partial charge on any atom is 0.107 e. The Morgan fingerprint density at radius 2 is 2.15 bits per heavy atom. The van der Waals surface area contributed by atoms with Crippen LogP contribution < -0.4 is 5.32 Å². The Balaban J connectivity index is 2.06. The topological polar surface area (TPSA) is 28.2 Å². The van der Waals surface area contributed by atoms with Crippen molar-refractivity contribution < 1.29 is 0 Å². The van der Waals surface area contributed by atoms with Gasteiger partial charge in [-0.05, 0) is 26.2 Å². The molecule has 20 heavy (non-hydrogen) atoms. The van der Waals surface area contributed by atoms with Gasteiger partial charge in [0.2, 0.25) is 0 Å². The molecule has 1 aliphatic rings. The van der Waals surface area contributed by atoms with Crippen molar-refractivity contribution in [2.45, 2.75) is 66.1 Å². The molecule has 0 saturated carbocycles. The zero-order valence-electron chi connectivity index (χ0n) is 13.6. The number of thiazole rings is 1. The van der Waals surface area contributed by atoms with Crippen molar-refractivity contribution in [1.29, 1.82) is 0 Å². The Morgan fingerprint density at radius 1 is 1.40 bits per heavy atom. The predicted octanol–water partition coefficient (Wildman–Crippen LogP) is 3.36. The Hall–Kier alpha value is -0.450. The maximum absolute atomic E-state index is 4.73. The third-order valence-corrected chi connectivity index (χ3v) is 5.42. The Kier molecular flexibility index (Phi) is 5.58. The molecule has 0 aliphatic carbocycles. The van der Waals surface area contributed by atoms with E-state index < -0.39 is 0 Å². The van der Waals surface area contributed by atoms with Crippen LogP contribution in [0.2, 0.25) is 0 Å². The molecule has 114 valence electrons. The molecule has 1 fully saturated rings. The fraction of sp³-hybridized carbons (Fsp3) is 0.812. The van der Waals surface area contributed by atoms with Gasteiger partial charge in [-0.3, -0.25) is 4.90 Å². The van der Waals surface area contributed by atoms with Crippen LogP contribution in [0.1, 0.15) is 49.2 Å². The smallest absolute Gasteiger partial charge is 0.107 e. The van der Waals surface area contributed by atoms with Crippen molar-refractivity contribution >= 4 is 11.3 Å². The van der Waals surface area contributed by atoms with E-state index in [1.165, 1.54) is 28.4 Å². The molecule has 1 aromatic heterocycles. The highest BCUT2D eigenvalue weighted by Crippen LogP contribution is 2.23. The van der Waals surface area contributed by atoms with Crippen molar-refractivity contribution in [1.82, 2.24) is 15.2 Å². The molecule has 0 aromatic carbocycles. The molecule has 2 unspecified atom stereocenters. The summed E-state index contributed by atoms with van der Waals surface area (Å²) in [7, 11) is 0. The summed E-state index contributed by atoms with van der Waals surface area (Å²) in [5.41, 5.74) is 1.20. The van der Waals surface area contributed by atoms with Crippen molar-refractivity contribution in [2.24, 2.45) is 5.92 Å². The van der Waals surface area contributed by atoms with Crippen LogP contribution in [0.5, 0.6) is 0 Å². The summed E-state index contributed by atoms with van der Waals surface area (Å²) in [4.78, 5) is 8.74. The van der Waals surface area contributed by atoms with E-state index in [0.717, 1.165) is 19.6 Å². The number of rotatable bonds is 5. The average Bonchev–Trinajstić information content (AvgIpc) is 2.68. The highest BCUT2D eigenvalue weighted by molar-refractivity contribution is 7.11. The van der Waals surface area contributed by atoms with Crippen molar-refractivity contribution in [2.75, 3.05) is 13.1 Å². The monoisotopic (exact) mass is 295 g/mol. The van der Waals surface area contributed by atoms with Crippen LogP contribution in [-0.4, -0.2) is 35.1 Å². The summed E-state index contributed by atoms with van der Waals surface area (Å²) >= 11 is 1.86. The lowest BCUT2D eigenvalue weighted by Crippen LogP contribution is -2.57. The SMILES string of the molecule is CCCC1CN(Cc2nc(C)c(C)s2)C(C(C)C)CN1. The van der Waals surface area contributed by atoms with Gasteiger partial charge in [0.05, 0.1) is 12.2 Å². The molecular weight excluding hydrogens is 266 g/mol. The van der Waals surface area contributed by atoms with Gasteiger partial charge in [0.15, 0.2) is 0 Å². The number of nitrogens with one attached hydrogen (secondary N) is 1. The fourth-order valence-electron chi connectivity index (χ4n) is 3.06. The van der Waals surface area contributed by atoms with Crippen LogP contribution in [0.4, 0.5) is 0 Å². The molecule has 2 atom stereocenters. The largest absolute Gasteiger partial charge is 0.311 e. The number of aryl methyl sites for hydroxylation is 2. The zero-order chi connectivity index (χ0) is 14.7. The van der Waals surface area contributed by atoms with E-state index in [2.05, 4.69) is 44.8 Å². The van der Waals surface area contributed by atoms with Gasteiger partial charge >= 0.3 is 0 Å². The molecule has 1 aliphatic heterocycles. The van der Waals surface area contributed by atoms with Crippen LogP contribution in [-0.2, 0) is 6.54 Å². The summed E-state index contributed by atoms with van der Waals surface area (Å²) in [5.74, 6) is 0.687. The number of piperazine rings is 1. The van der Waals surface area contributed by atoms with Crippen LogP contribution in [0, 0.1) is 19.8 Å². The highest BCUT2D eigenvalue weighted by Gasteiger charge is 2.29. The molecule has 1 N–H and O–H groups in total. The average molecular weight is 295 g/mol. The standard InChI is InChI=1S/C16H29N3S/c1-6-7-14-9-19(15(8-17-14)11(2)3)10-16-18-12(4)13(5)20-16/h11,14-15,17H,6-10H2,1-5H3. The number of nitrogens with zero attached hydrogens (tertiary/aromatic N) is 2. The molecule has 1 saturated heterocycles. The minimum atomic E-state index is 0.632. The van der Waals surface area contributed by atoms with Gasteiger partial charge in [-0.25, -0.2) is 4.98 Å². The van der Waals surface area contributed by atoms with Crippen LogP contribution >= 0.6 is 11.3 Å². The first-order valence-electron chi connectivity index (χ1n) is 7.91. The Morgan fingerprint density at radius 3 is 2.70 bits per heavy atom. The van der Waals surface area contributed by atoms with Gasteiger partial charge in [0.1, 0.15) is 5.01 Å².